The van der Waals surface area contributed by atoms with Crippen molar-refractivity contribution in [2.24, 2.45) is 11.8 Å². The Morgan fingerprint density at radius 3 is 1.82 bits per heavy atom. The number of rotatable bonds is 4. The van der Waals surface area contributed by atoms with Gasteiger partial charge in [0.2, 0.25) is 0 Å². The Hall–Kier alpha value is -0.243. The summed E-state index contributed by atoms with van der Waals surface area (Å²) in [7, 11) is 1.08. The average Bonchev–Trinajstić information content (AvgIpc) is 1.87. The average molecular weight is 172 g/mol. The zero-order valence-corrected chi connectivity index (χ0v) is 10.3. The Morgan fingerprint density at radius 2 is 1.55 bits per heavy atom. The fourth-order valence-electron chi connectivity index (χ4n) is 1.25. The zero-order valence-electron chi connectivity index (χ0n) is 8.29. The Bertz CT molecular complexity index is 111. The molecule has 0 amide bonds. The van der Waals surface area contributed by atoms with Crippen LogP contribution < -0.4 is 0 Å². The van der Waals surface area contributed by atoms with E-state index in [-0.39, 0.29) is 0 Å². The molecule has 11 heavy (non-hydrogen) atoms. The van der Waals surface area contributed by atoms with Crippen molar-refractivity contribution >= 4 is 10.2 Å². The highest BCUT2D eigenvalue weighted by Crippen LogP contribution is 2.15. The van der Waals surface area contributed by atoms with Crippen LogP contribution in [0.3, 0.4) is 0 Å². The molecule has 0 aliphatic carbocycles. The van der Waals surface area contributed by atoms with Gasteiger partial charge < -0.3 is 4.74 Å². The number of ether oxygens (including phenoxy) is 1. The molecule has 0 bridgehead atoms. The summed E-state index contributed by atoms with van der Waals surface area (Å²) in [6.07, 6.45) is 2.22. The molecule has 0 rings (SSSR count). The first kappa shape index (κ1) is 10.8. The Labute approximate surface area is 73.3 Å². The van der Waals surface area contributed by atoms with Crippen LogP contribution in [0.1, 0.15) is 27.7 Å². The van der Waals surface area contributed by atoms with Gasteiger partial charge in [-0.3, -0.25) is 0 Å². The highest BCUT2D eigenvalue weighted by Gasteiger charge is 2.16. The van der Waals surface area contributed by atoms with Gasteiger partial charge in [0.05, 0.1) is 6.26 Å². The minimum Gasteiger partial charge on any atom is -0.498 e. The van der Waals surface area contributed by atoms with Crippen LogP contribution in [-0.2, 0) is 4.74 Å². The number of hydrogen-bond donors (Lipinski definition) is 0. The molecule has 0 aromatic heterocycles. The summed E-state index contributed by atoms with van der Waals surface area (Å²) in [4.78, 5) is 0. The van der Waals surface area contributed by atoms with Crippen LogP contribution in [0.5, 0.6) is 0 Å². The summed E-state index contributed by atoms with van der Waals surface area (Å²) in [6, 6.07) is 0. The van der Waals surface area contributed by atoms with Gasteiger partial charge in [-0.15, -0.1) is 0 Å². The fraction of sp³-hybridized carbons (Fsp3) is 0.778. The molecule has 0 fully saturated rings. The predicted molar refractivity (Wildman–Crippen MR) is 53.6 cm³/mol. The predicted octanol–water partition coefficient (Wildman–Crippen LogP) is 1.52. The van der Waals surface area contributed by atoms with Gasteiger partial charge in [0.1, 0.15) is 6.10 Å². The van der Waals surface area contributed by atoms with Crippen molar-refractivity contribution in [2.75, 3.05) is 0 Å². The van der Waals surface area contributed by atoms with E-state index < -0.39 is 0 Å². The topological polar surface area (TPSA) is 9.23 Å². The lowest BCUT2D eigenvalue weighted by molar-refractivity contribution is 0.0607. The molecule has 0 N–H and O–H groups in total. The molecule has 1 nitrogen and oxygen atoms in total. The molecule has 0 unspecified atom stereocenters. The Morgan fingerprint density at radius 1 is 1.09 bits per heavy atom. The van der Waals surface area contributed by atoms with Crippen LogP contribution in [0.2, 0.25) is 0 Å². The summed E-state index contributed by atoms with van der Waals surface area (Å²) >= 11 is 0. The minimum absolute atomic E-state index is 0.375. The largest absolute Gasteiger partial charge is 0.498 e. The van der Waals surface area contributed by atoms with Gasteiger partial charge in [-0.05, 0) is 11.8 Å². The molecule has 0 saturated heterocycles. The zero-order chi connectivity index (χ0) is 8.85. The van der Waals surface area contributed by atoms with E-state index in [0.717, 1.165) is 10.2 Å². The smallest absolute Gasteiger partial charge is 0.102 e. The van der Waals surface area contributed by atoms with Crippen LogP contribution in [0.4, 0.5) is 0 Å². The standard InChI is InChI=1S/C9H20OSi/c1-7(2)9(8(3)4)10-5-6-11/h5-9H,1-4,11H3. The first-order valence-electron chi connectivity index (χ1n) is 4.36. The molecule has 0 heterocycles. The fourth-order valence-corrected chi connectivity index (χ4v) is 1.41. The maximum absolute atomic E-state index is 5.57. The van der Waals surface area contributed by atoms with Crippen LogP contribution in [0, 0.1) is 11.8 Å². The first-order valence-corrected chi connectivity index (χ1v) is 5.51. The van der Waals surface area contributed by atoms with Crippen LogP contribution in [-0.4, -0.2) is 16.3 Å². The van der Waals surface area contributed by atoms with E-state index in [9.17, 15) is 0 Å². The lowest BCUT2D eigenvalue weighted by atomic mass is 9.96. The second-order valence-electron chi connectivity index (χ2n) is 3.56. The van der Waals surface area contributed by atoms with Crippen molar-refractivity contribution in [1.82, 2.24) is 0 Å². The minimum atomic E-state index is 0.375. The normalized spacial score (nSPS) is 12.6. The second-order valence-corrected chi connectivity index (χ2v) is 4.22. The van der Waals surface area contributed by atoms with Crippen LogP contribution >= 0.6 is 0 Å². The monoisotopic (exact) mass is 172 g/mol. The van der Waals surface area contributed by atoms with E-state index in [1.54, 1.807) is 0 Å². The summed E-state index contributed by atoms with van der Waals surface area (Å²) < 4.78 is 5.57. The summed E-state index contributed by atoms with van der Waals surface area (Å²) in [5, 5.41) is 0. The third-order valence-corrected chi connectivity index (χ3v) is 1.96. The van der Waals surface area contributed by atoms with Gasteiger partial charge in [0.15, 0.2) is 0 Å². The van der Waals surface area contributed by atoms with Gasteiger partial charge in [-0.25, -0.2) is 0 Å². The molecule has 0 aliphatic heterocycles. The van der Waals surface area contributed by atoms with Gasteiger partial charge in [-0.2, -0.15) is 0 Å². The molecule has 0 radical (unpaired) electrons. The number of hydrogen-bond acceptors (Lipinski definition) is 1. The molecule has 0 atom stereocenters. The lowest BCUT2D eigenvalue weighted by Crippen LogP contribution is -2.23. The van der Waals surface area contributed by atoms with E-state index >= 15 is 0 Å². The van der Waals surface area contributed by atoms with Crippen molar-refractivity contribution < 1.29 is 4.74 Å². The van der Waals surface area contributed by atoms with E-state index in [1.807, 2.05) is 6.26 Å². The van der Waals surface area contributed by atoms with Gasteiger partial charge in [0, 0.05) is 10.2 Å². The van der Waals surface area contributed by atoms with E-state index in [4.69, 9.17) is 4.74 Å². The van der Waals surface area contributed by atoms with E-state index in [2.05, 4.69) is 33.4 Å². The first-order chi connectivity index (χ1) is 5.09. The molecule has 0 saturated carbocycles. The molecule has 0 spiro atoms. The van der Waals surface area contributed by atoms with Gasteiger partial charge in [0.25, 0.3) is 0 Å². The van der Waals surface area contributed by atoms with Crippen molar-refractivity contribution in [2.45, 2.75) is 33.8 Å². The molecule has 66 valence electrons. The van der Waals surface area contributed by atoms with Crippen molar-refractivity contribution in [1.29, 1.82) is 0 Å². The highest BCUT2D eigenvalue weighted by molar-refractivity contribution is 6.16. The molecule has 0 aliphatic rings. The van der Waals surface area contributed by atoms with Crippen molar-refractivity contribution in [3.05, 3.63) is 12.0 Å². The summed E-state index contributed by atoms with van der Waals surface area (Å²) in [5.74, 6) is 1.21. The third-order valence-electron chi connectivity index (χ3n) is 1.69. The van der Waals surface area contributed by atoms with Crippen LogP contribution in [0.25, 0.3) is 0 Å². The highest BCUT2D eigenvalue weighted by atomic mass is 28.1. The Kier molecular flexibility index (Phi) is 5.29. The summed E-state index contributed by atoms with van der Waals surface area (Å²) in [5.41, 5.74) is 2.07. The van der Waals surface area contributed by atoms with Crippen molar-refractivity contribution in [3.63, 3.8) is 0 Å². The van der Waals surface area contributed by atoms with Gasteiger partial charge in [-0.1, -0.05) is 33.4 Å². The molecule has 2 heteroatoms. The SMILES string of the molecule is CC(C)C(OC=C[SiH3])C(C)C. The van der Waals surface area contributed by atoms with Crippen molar-refractivity contribution in [3.8, 4) is 0 Å². The molecule has 0 aromatic carbocycles. The maximum Gasteiger partial charge on any atom is 0.102 e. The van der Waals surface area contributed by atoms with E-state index in [0.29, 0.717) is 17.9 Å². The lowest BCUT2D eigenvalue weighted by Gasteiger charge is -2.23. The quantitative estimate of drug-likeness (QED) is 0.461. The molecule has 0 aromatic rings. The maximum atomic E-state index is 5.57. The molecular weight excluding hydrogens is 152 g/mol. The van der Waals surface area contributed by atoms with Crippen LogP contribution in [0.15, 0.2) is 12.0 Å². The van der Waals surface area contributed by atoms with Gasteiger partial charge >= 0.3 is 0 Å². The molecular formula is C9H20OSi. The summed E-state index contributed by atoms with van der Waals surface area (Å²) in [6.45, 7) is 8.80. The third kappa shape index (κ3) is 4.25. The van der Waals surface area contributed by atoms with E-state index in [1.165, 1.54) is 0 Å². The second kappa shape index (κ2) is 5.41. The Balaban J connectivity index is 3.89.